The molecule has 0 saturated carbocycles. The molecule has 138 valence electrons. The number of aliphatic imine (C=N–C) groups is 1. The highest BCUT2D eigenvalue weighted by molar-refractivity contribution is 5.79. The maximum absolute atomic E-state index is 9.30. The fourth-order valence-corrected chi connectivity index (χ4v) is 3.10. The minimum absolute atomic E-state index is 0.312. The molecule has 1 heterocycles. The van der Waals surface area contributed by atoms with Crippen LogP contribution >= 0.6 is 0 Å². The number of rotatable bonds is 7. The maximum atomic E-state index is 9.30. The van der Waals surface area contributed by atoms with E-state index in [0.29, 0.717) is 5.75 Å². The van der Waals surface area contributed by atoms with E-state index in [2.05, 4.69) is 33.8 Å². The average Bonchev–Trinajstić information content (AvgIpc) is 3.13. The van der Waals surface area contributed by atoms with Crippen LogP contribution in [0.15, 0.2) is 47.5 Å². The Morgan fingerprint density at radius 2 is 1.81 bits per heavy atom. The van der Waals surface area contributed by atoms with Crippen LogP contribution < -0.4 is 15.4 Å². The second-order valence-corrected chi connectivity index (χ2v) is 6.49. The zero-order chi connectivity index (χ0) is 18.2. The number of fused-ring (bicyclic) bond motifs is 1. The standard InChI is InChI=1S/C21H27N3O2/c1-22-21(23-12-2-3-16-4-7-19(25)8-5-16)24-13-10-17-6-9-20-18(15-17)11-14-26-20/h4-9,15,25H,2-3,10-14H2,1H3,(H2,22,23,24). The molecule has 1 aliphatic rings. The lowest BCUT2D eigenvalue weighted by Crippen LogP contribution is -2.38. The molecule has 0 fully saturated rings. The van der Waals surface area contributed by atoms with Crippen LogP contribution in [0.5, 0.6) is 11.5 Å². The molecule has 0 saturated heterocycles. The highest BCUT2D eigenvalue weighted by Gasteiger charge is 2.11. The van der Waals surface area contributed by atoms with Crippen molar-refractivity contribution in [2.75, 3.05) is 26.7 Å². The number of aromatic hydroxyl groups is 1. The molecule has 1 aliphatic heterocycles. The third-order valence-corrected chi connectivity index (χ3v) is 4.55. The summed E-state index contributed by atoms with van der Waals surface area (Å²) in [5, 5.41) is 16.0. The molecule has 3 N–H and O–H groups in total. The minimum Gasteiger partial charge on any atom is -0.508 e. The Morgan fingerprint density at radius 1 is 1.04 bits per heavy atom. The molecule has 0 spiro atoms. The van der Waals surface area contributed by atoms with Crippen LogP contribution in [0.25, 0.3) is 0 Å². The van der Waals surface area contributed by atoms with Crippen molar-refractivity contribution in [3.63, 3.8) is 0 Å². The number of nitrogens with one attached hydrogen (secondary N) is 2. The van der Waals surface area contributed by atoms with E-state index in [9.17, 15) is 5.11 Å². The predicted molar refractivity (Wildman–Crippen MR) is 105 cm³/mol. The van der Waals surface area contributed by atoms with E-state index in [1.807, 2.05) is 12.1 Å². The molecule has 26 heavy (non-hydrogen) atoms. The van der Waals surface area contributed by atoms with Crippen LogP contribution in [0.4, 0.5) is 0 Å². The average molecular weight is 353 g/mol. The second-order valence-electron chi connectivity index (χ2n) is 6.49. The number of ether oxygens (including phenoxy) is 1. The smallest absolute Gasteiger partial charge is 0.190 e. The number of hydrogen-bond acceptors (Lipinski definition) is 3. The zero-order valence-electron chi connectivity index (χ0n) is 15.3. The van der Waals surface area contributed by atoms with Gasteiger partial charge in [-0.1, -0.05) is 24.3 Å². The summed E-state index contributed by atoms with van der Waals surface area (Å²) in [5.41, 5.74) is 3.87. The molecule has 0 aromatic heterocycles. The normalized spacial score (nSPS) is 13.2. The van der Waals surface area contributed by atoms with E-state index >= 15 is 0 Å². The summed E-state index contributed by atoms with van der Waals surface area (Å²) in [5.74, 6) is 2.18. The van der Waals surface area contributed by atoms with Crippen LogP contribution in [0.3, 0.4) is 0 Å². The molecule has 0 bridgehead atoms. The van der Waals surface area contributed by atoms with Gasteiger partial charge in [0, 0.05) is 26.6 Å². The van der Waals surface area contributed by atoms with Gasteiger partial charge in [0.1, 0.15) is 11.5 Å². The number of benzene rings is 2. The van der Waals surface area contributed by atoms with Crippen molar-refractivity contribution >= 4 is 5.96 Å². The Morgan fingerprint density at radius 3 is 2.62 bits per heavy atom. The van der Waals surface area contributed by atoms with Crippen molar-refractivity contribution in [3.05, 3.63) is 59.2 Å². The van der Waals surface area contributed by atoms with Gasteiger partial charge in [0.2, 0.25) is 0 Å². The molecule has 0 radical (unpaired) electrons. The van der Waals surface area contributed by atoms with Gasteiger partial charge in [-0.05, 0) is 54.2 Å². The summed E-state index contributed by atoms with van der Waals surface area (Å²) in [6.07, 6.45) is 3.96. The van der Waals surface area contributed by atoms with Gasteiger partial charge in [-0.15, -0.1) is 0 Å². The fraction of sp³-hybridized carbons (Fsp3) is 0.381. The van der Waals surface area contributed by atoms with Crippen molar-refractivity contribution in [3.8, 4) is 11.5 Å². The summed E-state index contributed by atoms with van der Waals surface area (Å²) in [4.78, 5) is 4.27. The van der Waals surface area contributed by atoms with Gasteiger partial charge in [-0.25, -0.2) is 0 Å². The number of aryl methyl sites for hydroxylation is 1. The monoisotopic (exact) mass is 353 g/mol. The van der Waals surface area contributed by atoms with Crippen LogP contribution in [0.2, 0.25) is 0 Å². The maximum Gasteiger partial charge on any atom is 0.190 e. The first-order chi connectivity index (χ1) is 12.7. The molecule has 0 unspecified atom stereocenters. The predicted octanol–water partition coefficient (Wildman–Crippen LogP) is 2.67. The topological polar surface area (TPSA) is 65.9 Å². The van der Waals surface area contributed by atoms with Gasteiger partial charge in [0.05, 0.1) is 6.61 Å². The number of phenols is 1. The Hall–Kier alpha value is -2.69. The molecule has 3 rings (SSSR count). The third kappa shape index (κ3) is 5.15. The molecule has 5 heteroatoms. The molecule has 2 aromatic rings. The van der Waals surface area contributed by atoms with Gasteiger partial charge in [0.25, 0.3) is 0 Å². The zero-order valence-corrected chi connectivity index (χ0v) is 15.3. The molecular weight excluding hydrogens is 326 g/mol. The summed E-state index contributed by atoms with van der Waals surface area (Å²) >= 11 is 0. The van der Waals surface area contributed by atoms with E-state index in [-0.39, 0.29) is 0 Å². The lowest BCUT2D eigenvalue weighted by atomic mass is 10.1. The highest BCUT2D eigenvalue weighted by Crippen LogP contribution is 2.25. The lowest BCUT2D eigenvalue weighted by molar-refractivity contribution is 0.357. The van der Waals surface area contributed by atoms with Crippen molar-refractivity contribution in [1.82, 2.24) is 10.6 Å². The quantitative estimate of drug-likeness (QED) is 0.407. The minimum atomic E-state index is 0.312. The Balaban J connectivity index is 1.35. The number of phenolic OH excluding ortho intramolecular Hbond substituents is 1. The molecule has 5 nitrogen and oxygen atoms in total. The van der Waals surface area contributed by atoms with Crippen molar-refractivity contribution in [1.29, 1.82) is 0 Å². The van der Waals surface area contributed by atoms with Gasteiger partial charge < -0.3 is 20.5 Å². The molecule has 0 aliphatic carbocycles. The summed E-state index contributed by atoms with van der Waals surface area (Å²) in [6.45, 7) is 2.51. The summed E-state index contributed by atoms with van der Waals surface area (Å²) in [7, 11) is 1.79. The van der Waals surface area contributed by atoms with E-state index in [0.717, 1.165) is 57.1 Å². The Bertz CT molecular complexity index is 741. The van der Waals surface area contributed by atoms with Crippen LogP contribution in [-0.4, -0.2) is 37.8 Å². The highest BCUT2D eigenvalue weighted by atomic mass is 16.5. The number of guanidine groups is 1. The molecular formula is C21H27N3O2. The fourth-order valence-electron chi connectivity index (χ4n) is 3.10. The number of hydrogen-bond donors (Lipinski definition) is 3. The van der Waals surface area contributed by atoms with Crippen LogP contribution in [-0.2, 0) is 19.3 Å². The van der Waals surface area contributed by atoms with Gasteiger partial charge in [-0.2, -0.15) is 0 Å². The van der Waals surface area contributed by atoms with E-state index in [4.69, 9.17) is 4.74 Å². The van der Waals surface area contributed by atoms with E-state index in [1.165, 1.54) is 16.7 Å². The first kappa shape index (κ1) is 18.1. The lowest BCUT2D eigenvalue weighted by Gasteiger charge is -2.12. The van der Waals surface area contributed by atoms with Gasteiger partial charge in [-0.3, -0.25) is 4.99 Å². The first-order valence-electron chi connectivity index (χ1n) is 9.21. The molecule has 0 atom stereocenters. The van der Waals surface area contributed by atoms with Gasteiger partial charge in [0.15, 0.2) is 5.96 Å². The Kier molecular flexibility index (Phi) is 6.36. The Labute approximate surface area is 155 Å². The van der Waals surface area contributed by atoms with Gasteiger partial charge >= 0.3 is 0 Å². The number of nitrogens with zero attached hydrogens (tertiary/aromatic N) is 1. The first-order valence-corrected chi connectivity index (χ1v) is 9.21. The van der Waals surface area contributed by atoms with Crippen LogP contribution in [0.1, 0.15) is 23.1 Å². The largest absolute Gasteiger partial charge is 0.508 e. The van der Waals surface area contributed by atoms with E-state index in [1.54, 1.807) is 19.2 Å². The second kappa shape index (κ2) is 9.13. The van der Waals surface area contributed by atoms with Crippen molar-refractivity contribution in [2.45, 2.75) is 25.7 Å². The molecule has 2 aromatic carbocycles. The van der Waals surface area contributed by atoms with Crippen molar-refractivity contribution in [2.24, 2.45) is 4.99 Å². The molecule has 0 amide bonds. The van der Waals surface area contributed by atoms with E-state index < -0.39 is 0 Å². The summed E-state index contributed by atoms with van der Waals surface area (Å²) in [6, 6.07) is 13.8. The SMILES string of the molecule is CN=C(NCCCc1ccc(O)cc1)NCCc1ccc2c(c1)CCO2. The summed E-state index contributed by atoms with van der Waals surface area (Å²) < 4.78 is 5.55. The van der Waals surface area contributed by atoms with Crippen molar-refractivity contribution < 1.29 is 9.84 Å². The van der Waals surface area contributed by atoms with Crippen LogP contribution in [0, 0.1) is 0 Å². The third-order valence-electron chi connectivity index (χ3n) is 4.55.